The minimum atomic E-state index is -1.33. The number of hydrogen-bond acceptors (Lipinski definition) is 6. The van der Waals surface area contributed by atoms with Crippen molar-refractivity contribution in [1.29, 1.82) is 0 Å². The molecule has 2 aliphatic rings. The van der Waals surface area contributed by atoms with Crippen molar-refractivity contribution in [3.63, 3.8) is 0 Å². The molecule has 0 radical (unpaired) electrons. The van der Waals surface area contributed by atoms with Gasteiger partial charge in [0.05, 0.1) is 6.61 Å². The van der Waals surface area contributed by atoms with Gasteiger partial charge < -0.3 is 14.7 Å². The molecular formula is C15H23FN4O4. The van der Waals surface area contributed by atoms with Crippen molar-refractivity contribution in [2.75, 3.05) is 39.8 Å². The molecule has 2 aliphatic heterocycles. The predicted molar refractivity (Wildman–Crippen MR) is 84.6 cm³/mol. The van der Waals surface area contributed by atoms with Crippen LogP contribution in [0.15, 0.2) is 15.8 Å². The Morgan fingerprint density at radius 1 is 1.33 bits per heavy atom. The second-order valence-electron chi connectivity index (χ2n) is 6.46. The van der Waals surface area contributed by atoms with Crippen molar-refractivity contribution in [3.05, 3.63) is 32.6 Å². The number of aromatic amines is 1. The molecule has 0 aliphatic carbocycles. The van der Waals surface area contributed by atoms with Gasteiger partial charge in [0.25, 0.3) is 5.56 Å². The van der Waals surface area contributed by atoms with Crippen LogP contribution in [0.25, 0.3) is 0 Å². The van der Waals surface area contributed by atoms with Crippen LogP contribution in [0.3, 0.4) is 0 Å². The second kappa shape index (κ2) is 7.14. The van der Waals surface area contributed by atoms with Crippen LogP contribution in [0, 0.1) is 0 Å². The number of aliphatic hydroxyl groups excluding tert-OH is 1. The zero-order chi connectivity index (χ0) is 17.3. The van der Waals surface area contributed by atoms with Gasteiger partial charge in [0.15, 0.2) is 0 Å². The lowest BCUT2D eigenvalue weighted by Gasteiger charge is -2.32. The lowest BCUT2D eigenvalue weighted by molar-refractivity contribution is -0.0357. The first-order valence-corrected chi connectivity index (χ1v) is 8.13. The Morgan fingerprint density at radius 3 is 2.67 bits per heavy atom. The molecule has 0 amide bonds. The first-order valence-electron chi connectivity index (χ1n) is 8.13. The summed E-state index contributed by atoms with van der Waals surface area (Å²) in [5.74, 6) is 0. The highest BCUT2D eigenvalue weighted by atomic mass is 19.1. The summed E-state index contributed by atoms with van der Waals surface area (Å²) < 4.78 is 20.4. The van der Waals surface area contributed by atoms with Gasteiger partial charge in [-0.1, -0.05) is 0 Å². The summed E-state index contributed by atoms with van der Waals surface area (Å²) in [6, 6.07) is 0. The molecule has 9 heteroatoms. The van der Waals surface area contributed by atoms with Crippen molar-refractivity contribution < 1.29 is 14.2 Å². The highest BCUT2D eigenvalue weighted by Crippen LogP contribution is 2.29. The quantitative estimate of drug-likeness (QED) is 0.722. The first kappa shape index (κ1) is 17.3. The van der Waals surface area contributed by atoms with Gasteiger partial charge in [-0.3, -0.25) is 19.2 Å². The van der Waals surface area contributed by atoms with Crippen molar-refractivity contribution in [1.82, 2.24) is 19.4 Å². The maximum atomic E-state index is 13.8. The predicted octanol–water partition coefficient (Wildman–Crippen LogP) is -1.10. The Kier molecular flexibility index (Phi) is 5.14. The summed E-state index contributed by atoms with van der Waals surface area (Å²) in [4.78, 5) is 30.7. The van der Waals surface area contributed by atoms with Crippen LogP contribution in [0.4, 0.5) is 4.39 Å². The van der Waals surface area contributed by atoms with Crippen molar-refractivity contribution >= 4 is 0 Å². The number of nitrogens with one attached hydrogen (secondary N) is 1. The van der Waals surface area contributed by atoms with Crippen molar-refractivity contribution in [2.24, 2.45) is 0 Å². The van der Waals surface area contributed by atoms with E-state index in [-0.39, 0.29) is 6.42 Å². The van der Waals surface area contributed by atoms with Crippen LogP contribution in [-0.2, 0) is 11.3 Å². The molecule has 2 fully saturated rings. The van der Waals surface area contributed by atoms with Crippen LogP contribution in [0.2, 0.25) is 0 Å². The molecule has 2 N–H and O–H groups in total. The van der Waals surface area contributed by atoms with Crippen LogP contribution < -0.4 is 11.2 Å². The van der Waals surface area contributed by atoms with E-state index in [0.717, 1.165) is 26.2 Å². The average Bonchev–Trinajstić information content (AvgIpc) is 2.92. The number of aliphatic hydroxyl groups is 1. The van der Waals surface area contributed by atoms with Gasteiger partial charge in [0.2, 0.25) is 0 Å². The lowest BCUT2D eigenvalue weighted by atomic mass is 10.2. The fourth-order valence-electron chi connectivity index (χ4n) is 3.12. The number of likely N-dealkylation sites (N-methyl/N-ethyl adjacent to an activating group) is 1. The van der Waals surface area contributed by atoms with Crippen molar-refractivity contribution in [2.45, 2.75) is 31.5 Å². The number of piperazine rings is 1. The van der Waals surface area contributed by atoms with Crippen LogP contribution in [-0.4, -0.2) is 76.6 Å². The maximum absolute atomic E-state index is 13.8. The Balaban J connectivity index is 1.79. The molecule has 8 nitrogen and oxygen atoms in total. The summed E-state index contributed by atoms with van der Waals surface area (Å²) in [6.45, 7) is 3.51. The van der Waals surface area contributed by atoms with Crippen LogP contribution in [0.1, 0.15) is 18.2 Å². The number of ether oxygens (including phenoxy) is 1. The Hall–Kier alpha value is -1.55. The fraction of sp³-hybridized carbons (Fsp3) is 0.733. The number of nitrogens with zero attached hydrogens (tertiary/aromatic N) is 3. The number of halogens is 1. The molecule has 0 spiro atoms. The normalized spacial score (nSPS) is 29.2. The van der Waals surface area contributed by atoms with E-state index in [1.807, 2.05) is 7.05 Å². The summed E-state index contributed by atoms with van der Waals surface area (Å²) in [5.41, 5.74) is -0.604. The number of alkyl halides is 1. The minimum Gasteiger partial charge on any atom is -0.394 e. The smallest absolute Gasteiger partial charge is 0.330 e. The molecular weight excluding hydrogens is 319 g/mol. The molecule has 1 aromatic heterocycles. The third kappa shape index (κ3) is 3.59. The maximum Gasteiger partial charge on any atom is 0.330 e. The van der Waals surface area contributed by atoms with E-state index < -0.39 is 36.4 Å². The highest BCUT2D eigenvalue weighted by molar-refractivity contribution is 5.06. The standard InChI is InChI=1S/C15H23FN4O4/c1-18-2-4-19(5-3-18)7-10-8-20(15(23)17-14(10)22)13-6-11(16)12(9-21)24-13/h8,11-13,21H,2-7,9H2,1H3,(H,17,22,23)/t11?,12-,13-/m1/s1. The molecule has 0 bridgehead atoms. The Morgan fingerprint density at radius 2 is 2.04 bits per heavy atom. The van der Waals surface area contributed by atoms with Gasteiger partial charge in [-0.15, -0.1) is 0 Å². The first-order chi connectivity index (χ1) is 11.5. The van der Waals surface area contributed by atoms with Gasteiger partial charge in [0.1, 0.15) is 18.5 Å². The van der Waals surface area contributed by atoms with Crippen molar-refractivity contribution in [3.8, 4) is 0 Å². The summed E-state index contributed by atoms with van der Waals surface area (Å²) >= 11 is 0. The molecule has 1 aromatic rings. The van der Waals surface area contributed by atoms with E-state index in [2.05, 4.69) is 14.8 Å². The number of aromatic nitrogens is 2. The zero-order valence-electron chi connectivity index (χ0n) is 13.7. The second-order valence-corrected chi connectivity index (χ2v) is 6.46. The van der Waals surface area contributed by atoms with Gasteiger partial charge in [-0.25, -0.2) is 9.18 Å². The number of H-pyrrole nitrogens is 1. The average molecular weight is 342 g/mol. The van der Waals surface area contributed by atoms with Gasteiger partial charge >= 0.3 is 5.69 Å². The topological polar surface area (TPSA) is 90.8 Å². The molecule has 1 unspecified atom stereocenters. The third-order valence-electron chi connectivity index (χ3n) is 4.68. The zero-order valence-corrected chi connectivity index (χ0v) is 13.7. The Labute approximate surface area is 138 Å². The number of rotatable bonds is 4. The molecule has 0 saturated carbocycles. The Bertz CT molecular complexity index is 683. The lowest BCUT2D eigenvalue weighted by Crippen LogP contribution is -2.45. The van der Waals surface area contributed by atoms with E-state index in [4.69, 9.17) is 9.84 Å². The summed E-state index contributed by atoms with van der Waals surface area (Å²) in [5, 5.41) is 9.09. The molecule has 3 rings (SSSR count). The van der Waals surface area contributed by atoms with E-state index in [0.29, 0.717) is 12.1 Å². The molecule has 3 atom stereocenters. The highest BCUT2D eigenvalue weighted by Gasteiger charge is 2.36. The molecule has 134 valence electrons. The van der Waals surface area contributed by atoms with E-state index >= 15 is 0 Å². The summed E-state index contributed by atoms with van der Waals surface area (Å²) in [6.07, 6.45) is -1.65. The number of hydrogen-bond donors (Lipinski definition) is 2. The fourth-order valence-corrected chi connectivity index (χ4v) is 3.12. The van der Waals surface area contributed by atoms with Gasteiger partial charge in [-0.05, 0) is 7.05 Å². The van der Waals surface area contributed by atoms with E-state index in [1.54, 1.807) is 0 Å². The third-order valence-corrected chi connectivity index (χ3v) is 4.68. The largest absolute Gasteiger partial charge is 0.394 e. The van der Waals surface area contributed by atoms with E-state index in [1.165, 1.54) is 10.8 Å². The van der Waals surface area contributed by atoms with Gasteiger partial charge in [-0.2, -0.15) is 0 Å². The van der Waals surface area contributed by atoms with Crippen LogP contribution in [0.5, 0.6) is 0 Å². The van der Waals surface area contributed by atoms with E-state index in [9.17, 15) is 14.0 Å². The SMILES string of the molecule is CN1CCN(Cc2cn([C@H]3CC(F)[C@@H](CO)O3)c(=O)[nH]c2=O)CC1. The monoisotopic (exact) mass is 342 g/mol. The molecule has 0 aromatic carbocycles. The van der Waals surface area contributed by atoms with Crippen LogP contribution >= 0.6 is 0 Å². The molecule has 24 heavy (non-hydrogen) atoms. The molecule has 3 heterocycles. The summed E-state index contributed by atoms with van der Waals surface area (Å²) in [7, 11) is 2.05. The van der Waals surface area contributed by atoms with Gasteiger partial charge in [0, 0.05) is 50.9 Å². The molecule has 2 saturated heterocycles. The minimum absolute atomic E-state index is 0.0227.